The summed E-state index contributed by atoms with van der Waals surface area (Å²) >= 11 is 5.71. The summed E-state index contributed by atoms with van der Waals surface area (Å²) in [5.74, 6) is 0.671. The van der Waals surface area contributed by atoms with Crippen LogP contribution in [-0.4, -0.2) is 43.4 Å². The number of likely N-dealkylation sites (tertiary alicyclic amines) is 1. The van der Waals surface area contributed by atoms with Crippen LogP contribution in [0.1, 0.15) is 46.1 Å². The Morgan fingerprint density at radius 3 is 2.65 bits per heavy atom. The molecule has 1 atom stereocenters. The average molecular weight is 394 g/mol. The lowest BCUT2D eigenvalue weighted by molar-refractivity contribution is -0.147. The number of nitrogens with zero attached hydrogens (tertiary/aromatic N) is 1. The number of carbonyl (C=O) groups excluding carboxylic acids is 1. The molecule has 0 saturated carbocycles. The summed E-state index contributed by atoms with van der Waals surface area (Å²) in [5.41, 5.74) is 0.924. The number of hydrogen-bond acceptors (Lipinski definition) is 4. The number of esters is 1. The van der Waals surface area contributed by atoms with Crippen molar-refractivity contribution in [1.82, 2.24) is 4.90 Å². The van der Waals surface area contributed by atoms with Gasteiger partial charge in [0.2, 0.25) is 8.32 Å². The Hall–Kier alpha value is -1.40. The van der Waals surface area contributed by atoms with Gasteiger partial charge in [0.1, 0.15) is 16.8 Å². The topological polar surface area (TPSA) is 38.8 Å². The molecule has 1 aromatic rings. The Morgan fingerprint density at radius 1 is 1.35 bits per heavy atom. The van der Waals surface area contributed by atoms with Crippen LogP contribution in [0.25, 0.3) is 0 Å². The summed E-state index contributed by atoms with van der Waals surface area (Å²) in [6.07, 6.45) is 1.74. The molecule has 0 amide bonds. The van der Waals surface area contributed by atoms with Crippen molar-refractivity contribution in [2.45, 2.75) is 64.7 Å². The minimum Gasteiger partial charge on any atom is -0.543 e. The Labute approximate surface area is 164 Å². The highest BCUT2D eigenvalue weighted by Crippen LogP contribution is 2.37. The number of rotatable bonds is 5. The molecule has 0 unspecified atom stereocenters. The first-order valence-electron chi connectivity index (χ1n) is 9.33. The van der Waals surface area contributed by atoms with Crippen molar-refractivity contribution in [2.24, 2.45) is 0 Å². The standard InChI is InChI=1S/C20H31NO3SSi/c1-7-23-19(22)17-12-9-13-21(17)18(25)15-10-8-11-16(14-15)24-26(5,6)20(2,3)4/h8,10-11,14,17H,7,9,12-13H2,1-6H3/t17-/m1/s1. The molecule has 1 aliphatic heterocycles. The van der Waals surface area contributed by atoms with Crippen LogP contribution in [0.15, 0.2) is 24.3 Å². The van der Waals surface area contributed by atoms with E-state index in [0.29, 0.717) is 11.6 Å². The zero-order valence-corrected chi connectivity index (χ0v) is 18.6. The molecular weight excluding hydrogens is 362 g/mol. The predicted molar refractivity (Wildman–Crippen MR) is 112 cm³/mol. The maximum Gasteiger partial charge on any atom is 0.328 e. The van der Waals surface area contributed by atoms with Crippen LogP contribution in [0.3, 0.4) is 0 Å². The second-order valence-corrected chi connectivity index (χ2v) is 13.4. The molecule has 0 spiro atoms. The van der Waals surface area contributed by atoms with Gasteiger partial charge >= 0.3 is 5.97 Å². The summed E-state index contributed by atoms with van der Waals surface area (Å²) in [6.45, 7) is 14.1. The van der Waals surface area contributed by atoms with Crippen molar-refractivity contribution >= 4 is 31.5 Å². The van der Waals surface area contributed by atoms with E-state index in [1.807, 2.05) is 36.1 Å². The minimum atomic E-state index is -1.91. The normalized spacial score (nSPS) is 17.9. The molecule has 2 rings (SSSR count). The van der Waals surface area contributed by atoms with E-state index in [4.69, 9.17) is 21.4 Å². The number of thiocarbonyl (C=S) groups is 1. The fraction of sp³-hybridized carbons (Fsp3) is 0.600. The van der Waals surface area contributed by atoms with Crippen LogP contribution in [0.4, 0.5) is 0 Å². The molecule has 1 aliphatic rings. The predicted octanol–water partition coefficient (Wildman–Crippen LogP) is 4.77. The van der Waals surface area contributed by atoms with E-state index in [9.17, 15) is 4.79 Å². The first kappa shape index (κ1) is 20.9. The Morgan fingerprint density at radius 2 is 2.04 bits per heavy atom. The summed E-state index contributed by atoms with van der Waals surface area (Å²) < 4.78 is 11.6. The molecule has 1 saturated heterocycles. The van der Waals surface area contributed by atoms with Crippen LogP contribution < -0.4 is 4.43 Å². The molecule has 144 valence electrons. The van der Waals surface area contributed by atoms with Gasteiger partial charge in [-0.1, -0.05) is 45.1 Å². The van der Waals surface area contributed by atoms with Crippen molar-refractivity contribution in [3.63, 3.8) is 0 Å². The molecule has 0 radical (unpaired) electrons. The number of ether oxygens (including phenoxy) is 1. The molecule has 1 fully saturated rings. The van der Waals surface area contributed by atoms with Crippen LogP contribution in [0, 0.1) is 0 Å². The van der Waals surface area contributed by atoms with Gasteiger partial charge in [-0.25, -0.2) is 4.79 Å². The zero-order chi connectivity index (χ0) is 19.5. The van der Waals surface area contributed by atoms with Gasteiger partial charge in [-0.3, -0.25) is 0 Å². The average Bonchev–Trinajstić information content (AvgIpc) is 3.02. The highest BCUT2D eigenvalue weighted by atomic mass is 32.1. The highest BCUT2D eigenvalue weighted by Gasteiger charge is 2.39. The summed E-state index contributed by atoms with van der Waals surface area (Å²) in [6, 6.07) is 7.68. The smallest absolute Gasteiger partial charge is 0.328 e. The third kappa shape index (κ3) is 4.65. The third-order valence-corrected chi connectivity index (χ3v) is 10.2. The van der Waals surface area contributed by atoms with Gasteiger partial charge in [0.05, 0.1) is 6.61 Å². The van der Waals surface area contributed by atoms with Gasteiger partial charge in [-0.05, 0) is 50.0 Å². The first-order chi connectivity index (χ1) is 12.1. The van der Waals surface area contributed by atoms with E-state index < -0.39 is 8.32 Å². The summed E-state index contributed by atoms with van der Waals surface area (Å²) in [4.78, 5) is 14.9. The second kappa shape index (κ2) is 8.09. The van der Waals surface area contributed by atoms with Gasteiger partial charge in [0, 0.05) is 12.1 Å². The Bertz CT molecular complexity index is 669. The highest BCUT2D eigenvalue weighted by molar-refractivity contribution is 7.80. The summed E-state index contributed by atoms with van der Waals surface area (Å²) in [5, 5.41) is 0.132. The Kier molecular flexibility index (Phi) is 6.50. The van der Waals surface area contributed by atoms with Crippen LogP contribution in [-0.2, 0) is 9.53 Å². The first-order valence-corrected chi connectivity index (χ1v) is 12.6. The number of benzene rings is 1. The molecule has 4 nitrogen and oxygen atoms in total. The number of hydrogen-bond donors (Lipinski definition) is 0. The monoisotopic (exact) mass is 393 g/mol. The van der Waals surface area contributed by atoms with Crippen LogP contribution in [0.5, 0.6) is 5.75 Å². The second-order valence-electron chi connectivity index (χ2n) is 8.30. The van der Waals surface area contributed by atoms with Crippen molar-refractivity contribution in [1.29, 1.82) is 0 Å². The van der Waals surface area contributed by atoms with E-state index in [1.165, 1.54) is 0 Å². The largest absolute Gasteiger partial charge is 0.543 e. The molecular formula is C20H31NO3SSi. The molecule has 0 N–H and O–H groups in total. The lowest BCUT2D eigenvalue weighted by Crippen LogP contribution is -2.44. The quantitative estimate of drug-likeness (QED) is 0.409. The van der Waals surface area contributed by atoms with Crippen molar-refractivity contribution in [2.75, 3.05) is 13.2 Å². The fourth-order valence-electron chi connectivity index (χ4n) is 2.80. The molecule has 1 heterocycles. The van der Waals surface area contributed by atoms with Crippen molar-refractivity contribution < 1.29 is 14.0 Å². The molecule has 0 aliphatic carbocycles. The van der Waals surface area contributed by atoms with E-state index in [-0.39, 0.29) is 17.0 Å². The SMILES string of the molecule is CCOC(=O)[C@H]1CCCN1C(=S)c1cccc(O[Si](C)(C)C(C)(C)C)c1. The van der Waals surface area contributed by atoms with E-state index >= 15 is 0 Å². The van der Waals surface area contributed by atoms with Gasteiger partial charge in [0.15, 0.2) is 0 Å². The zero-order valence-electron chi connectivity index (χ0n) is 16.8. The van der Waals surface area contributed by atoms with E-state index in [0.717, 1.165) is 30.7 Å². The number of carbonyl (C=O) groups is 1. The van der Waals surface area contributed by atoms with Gasteiger partial charge < -0.3 is 14.1 Å². The molecule has 0 bridgehead atoms. The van der Waals surface area contributed by atoms with Crippen molar-refractivity contribution in [3.05, 3.63) is 29.8 Å². The fourth-order valence-corrected chi connectivity index (χ4v) is 4.17. The maximum atomic E-state index is 12.2. The summed E-state index contributed by atoms with van der Waals surface area (Å²) in [7, 11) is -1.91. The Balaban J connectivity index is 2.19. The van der Waals surface area contributed by atoms with Crippen LogP contribution >= 0.6 is 12.2 Å². The van der Waals surface area contributed by atoms with Crippen molar-refractivity contribution in [3.8, 4) is 5.75 Å². The lowest BCUT2D eigenvalue weighted by atomic mass is 10.1. The van der Waals surface area contributed by atoms with Gasteiger partial charge in [-0.2, -0.15) is 0 Å². The molecule has 26 heavy (non-hydrogen) atoms. The molecule has 1 aromatic carbocycles. The molecule has 6 heteroatoms. The maximum absolute atomic E-state index is 12.2. The van der Waals surface area contributed by atoms with E-state index in [1.54, 1.807) is 0 Å². The molecule has 0 aromatic heterocycles. The minimum absolute atomic E-state index is 0.132. The third-order valence-electron chi connectivity index (χ3n) is 5.33. The van der Waals surface area contributed by atoms with Gasteiger partial charge in [-0.15, -0.1) is 0 Å². The van der Waals surface area contributed by atoms with Crippen LogP contribution in [0.2, 0.25) is 18.1 Å². The van der Waals surface area contributed by atoms with E-state index in [2.05, 4.69) is 33.9 Å². The lowest BCUT2D eigenvalue weighted by Gasteiger charge is -2.36. The van der Waals surface area contributed by atoms with Gasteiger partial charge in [0.25, 0.3) is 0 Å².